The van der Waals surface area contributed by atoms with Crippen molar-refractivity contribution in [2.45, 2.75) is 91.3 Å². The first kappa shape index (κ1) is 15.3. The van der Waals surface area contributed by atoms with Crippen molar-refractivity contribution >= 4 is 0 Å². The van der Waals surface area contributed by atoms with Gasteiger partial charge in [0.1, 0.15) is 0 Å². The van der Waals surface area contributed by atoms with E-state index in [2.05, 4.69) is 56.9 Å². The van der Waals surface area contributed by atoms with Crippen molar-refractivity contribution in [3.05, 3.63) is 0 Å². The highest BCUT2D eigenvalue weighted by Crippen LogP contribution is 2.58. The molecule has 0 saturated heterocycles. The summed E-state index contributed by atoms with van der Waals surface area (Å²) >= 11 is 0. The van der Waals surface area contributed by atoms with Crippen molar-refractivity contribution in [1.29, 1.82) is 0 Å². The number of rotatable bonds is 1. The average Bonchev–Trinajstić information content (AvgIpc) is 2.75. The van der Waals surface area contributed by atoms with E-state index in [0.717, 1.165) is 17.8 Å². The van der Waals surface area contributed by atoms with E-state index in [1.54, 1.807) is 0 Å². The van der Waals surface area contributed by atoms with Crippen molar-refractivity contribution in [1.82, 2.24) is 5.01 Å². The third-order valence-electron chi connectivity index (χ3n) is 5.69. The quantitative estimate of drug-likeness (QED) is 0.662. The fourth-order valence-electron chi connectivity index (χ4n) is 4.74. The van der Waals surface area contributed by atoms with Crippen LogP contribution in [-0.4, -0.2) is 22.6 Å². The summed E-state index contributed by atoms with van der Waals surface area (Å²) in [7, 11) is 0. The first-order chi connectivity index (χ1) is 9.67. The van der Waals surface area contributed by atoms with Gasteiger partial charge in [-0.1, -0.05) is 26.0 Å². The summed E-state index contributed by atoms with van der Waals surface area (Å²) in [6.07, 6.45) is 6.72. The maximum atomic E-state index is 4.61. The molecule has 120 valence electrons. The minimum absolute atomic E-state index is 0.107. The molecule has 3 rings (SSSR count). The SMILES string of the molecule is CC(C)(C)CC1C2CCC3N=NN(C(C)(C)C)C3CCC21. The van der Waals surface area contributed by atoms with Crippen molar-refractivity contribution in [3.8, 4) is 0 Å². The van der Waals surface area contributed by atoms with Crippen LogP contribution in [0.5, 0.6) is 0 Å². The van der Waals surface area contributed by atoms with Crippen LogP contribution in [0, 0.1) is 23.2 Å². The molecule has 2 fully saturated rings. The average molecular weight is 291 g/mol. The van der Waals surface area contributed by atoms with E-state index in [1.807, 2.05) is 0 Å². The summed E-state index contributed by atoms with van der Waals surface area (Å²) in [5.74, 6) is 2.97. The van der Waals surface area contributed by atoms with E-state index < -0.39 is 0 Å². The van der Waals surface area contributed by atoms with Crippen LogP contribution in [0.15, 0.2) is 10.3 Å². The predicted molar refractivity (Wildman–Crippen MR) is 87.0 cm³/mol. The fourth-order valence-corrected chi connectivity index (χ4v) is 4.74. The Morgan fingerprint density at radius 2 is 1.52 bits per heavy atom. The van der Waals surface area contributed by atoms with E-state index >= 15 is 0 Å². The van der Waals surface area contributed by atoms with Crippen LogP contribution in [0.4, 0.5) is 0 Å². The second-order valence-corrected chi connectivity index (χ2v) is 9.77. The van der Waals surface area contributed by atoms with Gasteiger partial charge >= 0.3 is 0 Å². The Labute approximate surface area is 130 Å². The van der Waals surface area contributed by atoms with Gasteiger partial charge in [-0.3, -0.25) is 5.01 Å². The van der Waals surface area contributed by atoms with Gasteiger partial charge in [0, 0.05) is 0 Å². The Morgan fingerprint density at radius 3 is 2.10 bits per heavy atom. The number of hydrogen-bond acceptors (Lipinski definition) is 3. The van der Waals surface area contributed by atoms with Crippen molar-refractivity contribution in [2.24, 2.45) is 33.5 Å². The molecule has 21 heavy (non-hydrogen) atoms. The van der Waals surface area contributed by atoms with Gasteiger partial charge in [-0.2, -0.15) is 5.11 Å². The minimum Gasteiger partial charge on any atom is -0.268 e. The lowest BCUT2D eigenvalue weighted by atomic mass is 9.88. The summed E-state index contributed by atoms with van der Waals surface area (Å²) in [6.45, 7) is 14.0. The van der Waals surface area contributed by atoms with Crippen molar-refractivity contribution < 1.29 is 0 Å². The first-order valence-electron chi connectivity index (χ1n) is 8.87. The van der Waals surface area contributed by atoms with E-state index in [4.69, 9.17) is 0 Å². The monoisotopic (exact) mass is 291 g/mol. The van der Waals surface area contributed by atoms with Gasteiger partial charge in [-0.15, -0.1) is 0 Å². The van der Waals surface area contributed by atoms with Gasteiger partial charge in [0.2, 0.25) is 0 Å². The van der Waals surface area contributed by atoms with Gasteiger partial charge in [-0.05, 0) is 76.0 Å². The maximum absolute atomic E-state index is 4.61. The third kappa shape index (κ3) is 3.12. The molecule has 5 unspecified atom stereocenters. The van der Waals surface area contributed by atoms with Crippen molar-refractivity contribution in [3.63, 3.8) is 0 Å². The first-order valence-corrected chi connectivity index (χ1v) is 8.87. The molecule has 0 aromatic heterocycles. The van der Waals surface area contributed by atoms with E-state index in [-0.39, 0.29) is 5.54 Å². The molecule has 0 amide bonds. The summed E-state index contributed by atoms with van der Waals surface area (Å²) in [5, 5.41) is 11.4. The predicted octanol–water partition coefficient (Wildman–Crippen LogP) is 5.08. The van der Waals surface area contributed by atoms with Gasteiger partial charge in [0.25, 0.3) is 0 Å². The lowest BCUT2D eigenvalue weighted by molar-refractivity contribution is 0.0862. The molecular weight excluding hydrogens is 258 g/mol. The summed E-state index contributed by atoms with van der Waals surface area (Å²) in [5.41, 5.74) is 0.592. The normalized spacial score (nSPS) is 39.5. The van der Waals surface area contributed by atoms with E-state index in [1.165, 1.54) is 32.1 Å². The lowest BCUT2D eigenvalue weighted by Crippen LogP contribution is -2.46. The topological polar surface area (TPSA) is 28.0 Å². The van der Waals surface area contributed by atoms with Gasteiger partial charge in [0.05, 0.1) is 17.6 Å². The highest BCUT2D eigenvalue weighted by Gasteiger charge is 2.52. The van der Waals surface area contributed by atoms with Crippen LogP contribution < -0.4 is 0 Å². The smallest absolute Gasteiger partial charge is 0.0950 e. The molecule has 0 radical (unpaired) electrons. The molecular formula is C18H33N3. The van der Waals surface area contributed by atoms with Crippen LogP contribution in [0.2, 0.25) is 0 Å². The van der Waals surface area contributed by atoms with Crippen LogP contribution in [-0.2, 0) is 0 Å². The zero-order valence-electron chi connectivity index (χ0n) is 14.8. The molecule has 5 atom stereocenters. The number of hydrogen-bond donors (Lipinski definition) is 0. The summed E-state index contributed by atoms with van der Waals surface area (Å²) < 4.78 is 0. The Morgan fingerprint density at radius 1 is 0.905 bits per heavy atom. The molecule has 2 aliphatic carbocycles. The largest absolute Gasteiger partial charge is 0.268 e. The Kier molecular flexibility index (Phi) is 3.61. The van der Waals surface area contributed by atoms with E-state index in [9.17, 15) is 0 Å². The molecule has 0 bridgehead atoms. The Bertz CT molecular complexity index is 415. The van der Waals surface area contributed by atoms with Gasteiger partial charge < -0.3 is 0 Å². The molecule has 0 N–H and O–H groups in total. The second kappa shape index (κ2) is 4.96. The maximum Gasteiger partial charge on any atom is 0.0950 e. The van der Waals surface area contributed by atoms with Gasteiger partial charge in [0.15, 0.2) is 0 Å². The Hall–Kier alpha value is -0.600. The highest BCUT2D eigenvalue weighted by molar-refractivity contribution is 5.03. The molecule has 1 heterocycles. The van der Waals surface area contributed by atoms with Crippen LogP contribution in [0.25, 0.3) is 0 Å². The molecule has 2 saturated carbocycles. The van der Waals surface area contributed by atoms with Crippen LogP contribution >= 0.6 is 0 Å². The Balaban J connectivity index is 1.64. The van der Waals surface area contributed by atoms with Gasteiger partial charge in [-0.25, -0.2) is 0 Å². The lowest BCUT2D eigenvalue weighted by Gasteiger charge is -2.36. The zero-order chi connectivity index (χ0) is 15.4. The fraction of sp³-hybridized carbons (Fsp3) is 1.00. The third-order valence-corrected chi connectivity index (χ3v) is 5.69. The number of nitrogens with zero attached hydrogens (tertiary/aromatic N) is 3. The highest BCUT2D eigenvalue weighted by atomic mass is 15.6. The standard InChI is InChI=1S/C18H33N3/c1-17(2,3)11-14-12-7-9-15-16(10-8-13(12)14)21(20-19-15)18(4,5)6/h12-16H,7-11H2,1-6H3. The molecule has 3 aliphatic rings. The number of fused-ring (bicyclic) bond motifs is 2. The molecule has 0 spiro atoms. The summed E-state index contributed by atoms with van der Waals surface area (Å²) in [6, 6.07) is 1.02. The van der Waals surface area contributed by atoms with E-state index in [0.29, 0.717) is 17.5 Å². The molecule has 3 heteroatoms. The van der Waals surface area contributed by atoms with Crippen LogP contribution in [0.1, 0.15) is 73.6 Å². The second-order valence-electron chi connectivity index (χ2n) is 9.77. The molecule has 0 aromatic carbocycles. The molecule has 0 aromatic rings. The minimum atomic E-state index is 0.107. The molecule has 3 nitrogen and oxygen atoms in total. The summed E-state index contributed by atoms with van der Waals surface area (Å²) in [4.78, 5) is 0. The van der Waals surface area contributed by atoms with Crippen LogP contribution in [0.3, 0.4) is 0 Å². The van der Waals surface area contributed by atoms with Crippen molar-refractivity contribution in [2.75, 3.05) is 0 Å². The molecule has 1 aliphatic heterocycles. The zero-order valence-corrected chi connectivity index (χ0v) is 14.8.